The summed E-state index contributed by atoms with van der Waals surface area (Å²) in [4.78, 5) is 11.4. The number of carbonyl (C=O) groups excluding carboxylic acids is 1. The monoisotopic (exact) mass is 280 g/mol. The van der Waals surface area contributed by atoms with Crippen molar-refractivity contribution in [1.29, 1.82) is 0 Å². The van der Waals surface area contributed by atoms with Crippen LogP contribution < -0.4 is 15.8 Å². The van der Waals surface area contributed by atoms with E-state index in [1.165, 1.54) is 0 Å². The van der Waals surface area contributed by atoms with E-state index in [1.54, 1.807) is 0 Å². The smallest absolute Gasteiger partial charge is 0.407 e. The highest BCUT2D eigenvalue weighted by Crippen LogP contribution is 2.13. The van der Waals surface area contributed by atoms with Gasteiger partial charge in [-0.3, -0.25) is 0 Å². The van der Waals surface area contributed by atoms with Crippen LogP contribution in [0.1, 0.15) is 26.3 Å². The summed E-state index contributed by atoms with van der Waals surface area (Å²) in [6, 6.07) is 7.79. The summed E-state index contributed by atoms with van der Waals surface area (Å²) in [5.74, 6) is 0.780. The number of ether oxygens (including phenoxy) is 2. The zero-order chi connectivity index (χ0) is 15.0. The molecule has 1 aromatic rings. The highest BCUT2D eigenvalue weighted by atomic mass is 16.6. The number of amides is 1. The van der Waals surface area contributed by atoms with E-state index in [1.807, 2.05) is 45.0 Å². The van der Waals surface area contributed by atoms with Crippen molar-refractivity contribution in [2.24, 2.45) is 5.73 Å². The maximum Gasteiger partial charge on any atom is 0.407 e. The maximum atomic E-state index is 11.4. The molecule has 0 bridgehead atoms. The van der Waals surface area contributed by atoms with Gasteiger partial charge in [0.25, 0.3) is 0 Å². The molecule has 0 radical (unpaired) electrons. The molecular weight excluding hydrogens is 256 g/mol. The fourth-order valence-electron chi connectivity index (χ4n) is 1.59. The van der Waals surface area contributed by atoms with Gasteiger partial charge in [-0.05, 0) is 51.4 Å². The number of alkyl carbamates (subject to hydrolysis) is 1. The number of nitrogens with one attached hydrogen (secondary N) is 1. The van der Waals surface area contributed by atoms with Crippen LogP contribution in [0.4, 0.5) is 4.79 Å². The Kier molecular flexibility index (Phi) is 6.31. The zero-order valence-corrected chi connectivity index (χ0v) is 12.4. The Morgan fingerprint density at radius 1 is 1.35 bits per heavy atom. The van der Waals surface area contributed by atoms with E-state index in [0.717, 1.165) is 17.7 Å². The number of nitrogens with two attached hydrogens (primary N) is 1. The van der Waals surface area contributed by atoms with Crippen LogP contribution in [0.3, 0.4) is 0 Å². The third-order valence-corrected chi connectivity index (χ3v) is 2.37. The molecule has 0 spiro atoms. The molecule has 1 aromatic carbocycles. The summed E-state index contributed by atoms with van der Waals surface area (Å²) < 4.78 is 10.7. The molecule has 5 nitrogen and oxygen atoms in total. The van der Waals surface area contributed by atoms with E-state index in [4.69, 9.17) is 15.2 Å². The van der Waals surface area contributed by atoms with Gasteiger partial charge in [-0.15, -0.1) is 0 Å². The average Bonchev–Trinajstić information content (AvgIpc) is 2.33. The standard InChI is InChI=1S/C15H24N2O3/c1-15(2,3)20-14(18)17-9-10-19-13-6-4-5-12(11-13)7-8-16/h4-6,11H,7-10,16H2,1-3H3,(H,17,18). The molecule has 0 aliphatic heterocycles. The number of hydrogen-bond acceptors (Lipinski definition) is 4. The molecule has 0 heterocycles. The van der Waals surface area contributed by atoms with Crippen molar-refractivity contribution in [3.63, 3.8) is 0 Å². The molecule has 0 saturated carbocycles. The molecule has 1 amide bonds. The van der Waals surface area contributed by atoms with Gasteiger partial charge in [0.2, 0.25) is 0 Å². The Labute approximate surface area is 120 Å². The molecular formula is C15H24N2O3. The first kappa shape index (κ1) is 16.3. The minimum Gasteiger partial charge on any atom is -0.492 e. The Morgan fingerprint density at radius 3 is 2.75 bits per heavy atom. The van der Waals surface area contributed by atoms with Crippen LogP contribution in [0.15, 0.2) is 24.3 Å². The molecule has 0 saturated heterocycles. The third kappa shape index (κ3) is 6.99. The maximum absolute atomic E-state index is 11.4. The fraction of sp³-hybridized carbons (Fsp3) is 0.533. The van der Waals surface area contributed by atoms with E-state index in [0.29, 0.717) is 19.7 Å². The number of hydrogen-bond donors (Lipinski definition) is 2. The van der Waals surface area contributed by atoms with Crippen LogP contribution in [0.2, 0.25) is 0 Å². The Hall–Kier alpha value is -1.75. The summed E-state index contributed by atoms with van der Waals surface area (Å²) in [6.07, 6.45) is 0.394. The average molecular weight is 280 g/mol. The van der Waals surface area contributed by atoms with Crippen molar-refractivity contribution < 1.29 is 14.3 Å². The van der Waals surface area contributed by atoms with Crippen molar-refractivity contribution in [1.82, 2.24) is 5.32 Å². The van der Waals surface area contributed by atoms with Crippen LogP contribution in [0.5, 0.6) is 5.75 Å². The van der Waals surface area contributed by atoms with Crippen LogP contribution in [0.25, 0.3) is 0 Å². The van der Waals surface area contributed by atoms with Gasteiger partial charge in [0.1, 0.15) is 18.0 Å². The summed E-state index contributed by atoms with van der Waals surface area (Å²) in [5, 5.41) is 2.64. The first-order valence-electron chi connectivity index (χ1n) is 6.79. The van der Waals surface area contributed by atoms with E-state index in [-0.39, 0.29) is 0 Å². The largest absolute Gasteiger partial charge is 0.492 e. The van der Waals surface area contributed by atoms with Crippen molar-refractivity contribution >= 4 is 6.09 Å². The second-order valence-corrected chi connectivity index (χ2v) is 5.46. The number of benzene rings is 1. The normalized spacial score (nSPS) is 11.0. The zero-order valence-electron chi connectivity index (χ0n) is 12.4. The van der Waals surface area contributed by atoms with Gasteiger partial charge >= 0.3 is 6.09 Å². The minimum atomic E-state index is -0.485. The molecule has 1 rings (SSSR count). The molecule has 0 aliphatic rings. The highest BCUT2D eigenvalue weighted by Gasteiger charge is 2.15. The first-order chi connectivity index (χ1) is 9.40. The van der Waals surface area contributed by atoms with Crippen LogP contribution in [-0.4, -0.2) is 31.4 Å². The lowest BCUT2D eigenvalue weighted by atomic mass is 10.1. The highest BCUT2D eigenvalue weighted by molar-refractivity contribution is 5.67. The first-order valence-corrected chi connectivity index (χ1v) is 6.79. The molecule has 0 fully saturated rings. The van der Waals surface area contributed by atoms with E-state index >= 15 is 0 Å². The topological polar surface area (TPSA) is 73.6 Å². The van der Waals surface area contributed by atoms with Gasteiger partial charge in [0, 0.05) is 0 Å². The van der Waals surface area contributed by atoms with Gasteiger partial charge in [-0.1, -0.05) is 12.1 Å². The molecule has 20 heavy (non-hydrogen) atoms. The fourth-order valence-corrected chi connectivity index (χ4v) is 1.59. The molecule has 112 valence electrons. The summed E-state index contributed by atoms with van der Waals surface area (Å²) in [5.41, 5.74) is 6.17. The van der Waals surface area contributed by atoms with E-state index in [9.17, 15) is 4.79 Å². The van der Waals surface area contributed by atoms with Crippen LogP contribution >= 0.6 is 0 Å². The summed E-state index contributed by atoms with van der Waals surface area (Å²) in [7, 11) is 0. The van der Waals surface area contributed by atoms with Gasteiger partial charge in [-0.2, -0.15) is 0 Å². The Bertz CT molecular complexity index is 427. The Morgan fingerprint density at radius 2 is 2.10 bits per heavy atom. The van der Waals surface area contributed by atoms with E-state index in [2.05, 4.69) is 5.32 Å². The van der Waals surface area contributed by atoms with Gasteiger partial charge in [0.15, 0.2) is 0 Å². The van der Waals surface area contributed by atoms with Gasteiger partial charge < -0.3 is 20.5 Å². The van der Waals surface area contributed by atoms with Crippen molar-refractivity contribution in [2.45, 2.75) is 32.8 Å². The summed E-state index contributed by atoms with van der Waals surface area (Å²) in [6.45, 7) is 6.88. The van der Waals surface area contributed by atoms with Gasteiger partial charge in [0.05, 0.1) is 6.54 Å². The van der Waals surface area contributed by atoms with Gasteiger partial charge in [-0.25, -0.2) is 4.79 Å². The molecule has 5 heteroatoms. The second kappa shape index (κ2) is 7.75. The van der Waals surface area contributed by atoms with Crippen molar-refractivity contribution in [3.05, 3.63) is 29.8 Å². The molecule has 0 aliphatic carbocycles. The number of rotatable bonds is 6. The molecule has 0 aromatic heterocycles. The lowest BCUT2D eigenvalue weighted by Crippen LogP contribution is -2.34. The van der Waals surface area contributed by atoms with Crippen molar-refractivity contribution in [2.75, 3.05) is 19.7 Å². The van der Waals surface area contributed by atoms with Crippen molar-refractivity contribution in [3.8, 4) is 5.75 Å². The SMILES string of the molecule is CC(C)(C)OC(=O)NCCOc1cccc(CCN)c1. The Balaban J connectivity index is 2.27. The molecule has 0 unspecified atom stereocenters. The van der Waals surface area contributed by atoms with Crippen LogP contribution in [0, 0.1) is 0 Å². The summed E-state index contributed by atoms with van der Waals surface area (Å²) >= 11 is 0. The van der Waals surface area contributed by atoms with E-state index < -0.39 is 11.7 Å². The lowest BCUT2D eigenvalue weighted by molar-refractivity contribution is 0.0520. The minimum absolute atomic E-state index is 0.394. The lowest BCUT2D eigenvalue weighted by Gasteiger charge is -2.19. The third-order valence-electron chi connectivity index (χ3n) is 2.37. The quantitative estimate of drug-likeness (QED) is 0.783. The predicted molar refractivity (Wildman–Crippen MR) is 78.9 cm³/mol. The second-order valence-electron chi connectivity index (χ2n) is 5.46. The molecule has 3 N–H and O–H groups in total. The molecule has 0 atom stereocenters. The number of carbonyl (C=O) groups is 1. The predicted octanol–water partition coefficient (Wildman–Crippen LogP) is 2.09. The van der Waals surface area contributed by atoms with Crippen LogP contribution in [-0.2, 0) is 11.2 Å².